The molecule has 204 valence electrons. The van der Waals surface area contributed by atoms with Crippen molar-refractivity contribution < 1.29 is 44.5 Å². The second-order valence-electron chi connectivity index (χ2n) is 9.83. The molecule has 39 heavy (non-hydrogen) atoms. The van der Waals surface area contributed by atoms with E-state index in [1.54, 1.807) is 30.5 Å². The van der Waals surface area contributed by atoms with Crippen molar-refractivity contribution in [3.63, 3.8) is 0 Å². The number of carbonyl (C=O) groups is 3. The number of hydroxylamine groups is 2. The third kappa shape index (κ3) is 3.83. The number of nitrogens with two attached hydrogens (primary N) is 1. The molecule has 1 aromatic heterocycles. The maximum Gasteiger partial charge on any atom is 0.255 e. The number of Topliss-reactive ketones (excluding diaryl/α,β-unsaturated/α-hetero) is 2. The zero-order valence-corrected chi connectivity index (χ0v) is 21.2. The maximum absolute atomic E-state index is 14.1. The first kappa shape index (κ1) is 26.5. The molecule has 1 fully saturated rings. The second-order valence-corrected chi connectivity index (χ2v) is 9.83. The smallest absolute Gasteiger partial charge is 0.255 e. The fourth-order valence-corrected chi connectivity index (χ4v) is 6.20. The van der Waals surface area contributed by atoms with Gasteiger partial charge in [-0.1, -0.05) is 6.07 Å². The molecule has 1 saturated carbocycles. The number of phenols is 1. The van der Waals surface area contributed by atoms with E-state index in [0.717, 1.165) is 7.11 Å². The van der Waals surface area contributed by atoms with E-state index < -0.39 is 63.0 Å². The molecule has 1 heterocycles. The summed E-state index contributed by atoms with van der Waals surface area (Å²) in [6.07, 6.45) is 1.63. The summed E-state index contributed by atoms with van der Waals surface area (Å²) in [6.45, 7) is -0.312. The van der Waals surface area contributed by atoms with Gasteiger partial charge < -0.3 is 31.0 Å². The van der Waals surface area contributed by atoms with Crippen LogP contribution in [0.2, 0.25) is 0 Å². The van der Waals surface area contributed by atoms with E-state index in [0.29, 0.717) is 16.8 Å². The number of ketones is 2. The van der Waals surface area contributed by atoms with Crippen molar-refractivity contribution >= 4 is 23.2 Å². The lowest BCUT2D eigenvalue weighted by atomic mass is 9.59. The summed E-state index contributed by atoms with van der Waals surface area (Å²) < 4.78 is 5.54. The number of nitrogens with zero attached hydrogens (tertiary/aromatic N) is 1. The normalized spacial score (nSPS) is 25.2. The number of carbonyl (C=O) groups excluding carboxylic acids is 3. The van der Waals surface area contributed by atoms with Gasteiger partial charge in [-0.25, -0.2) is 10.1 Å². The molecule has 0 saturated heterocycles. The molecule has 0 aliphatic heterocycles. The number of ether oxygens (including phenoxy) is 1. The highest BCUT2D eigenvalue weighted by molar-refractivity contribution is 6.22. The first-order valence-corrected chi connectivity index (χ1v) is 12.2. The second kappa shape index (κ2) is 9.58. The van der Waals surface area contributed by atoms with E-state index in [2.05, 4.69) is 4.98 Å². The van der Waals surface area contributed by atoms with Crippen LogP contribution in [0.1, 0.15) is 29.5 Å². The van der Waals surface area contributed by atoms with Gasteiger partial charge in [-0.2, -0.15) is 0 Å². The Bertz CT molecular complexity index is 1470. The lowest BCUT2D eigenvalue weighted by Crippen LogP contribution is -3.04. The van der Waals surface area contributed by atoms with Gasteiger partial charge in [0.25, 0.3) is 5.91 Å². The van der Waals surface area contributed by atoms with E-state index in [9.17, 15) is 34.9 Å². The standard InChI is InChI=1S/C27H27N3O9/c1-38-27-14(10-18(31)21(25(27)35)26(28)36)7-12-8-16-15(17-5-3-4-6-29-17)9-13(11-30(37)39-2)22(32)20(16)23(33)19(12)24(27)34/h3-6,9,12,14,30,32-33,35H,7-8,10-11H2,1-2H3,(H2,28,36)/t12-,14+,27+/m1/s1. The number of amides is 1. The number of aromatic nitrogens is 1. The van der Waals surface area contributed by atoms with Crippen molar-refractivity contribution in [1.29, 1.82) is 0 Å². The number of aliphatic hydroxyl groups excluding tert-OH is 2. The zero-order chi connectivity index (χ0) is 28.2. The summed E-state index contributed by atoms with van der Waals surface area (Å²) in [5.41, 5.74) is 4.05. The fraction of sp³-hybridized carbons (Fsp3) is 0.333. The number of pyridine rings is 1. The number of quaternary nitrogens is 1. The zero-order valence-electron chi connectivity index (χ0n) is 21.2. The summed E-state index contributed by atoms with van der Waals surface area (Å²) in [5, 5.41) is 45.3. The Kier molecular flexibility index (Phi) is 6.51. The number of methoxy groups -OCH3 is 1. The largest absolute Gasteiger partial charge is 0.600 e. The van der Waals surface area contributed by atoms with Gasteiger partial charge in [-0.3, -0.25) is 19.4 Å². The molecule has 5 rings (SSSR count). The number of rotatable bonds is 6. The van der Waals surface area contributed by atoms with Gasteiger partial charge in [-0.05, 0) is 42.5 Å². The van der Waals surface area contributed by atoms with Crippen LogP contribution < -0.4 is 11.0 Å². The van der Waals surface area contributed by atoms with E-state index in [1.807, 2.05) is 0 Å². The Hall–Kier alpha value is -4.10. The molecular formula is C27H27N3O9. The first-order chi connectivity index (χ1) is 18.6. The van der Waals surface area contributed by atoms with E-state index in [-0.39, 0.29) is 42.5 Å². The molecule has 0 radical (unpaired) electrons. The van der Waals surface area contributed by atoms with Crippen molar-refractivity contribution in [3.8, 4) is 17.0 Å². The van der Waals surface area contributed by atoms with Crippen LogP contribution in [0.3, 0.4) is 0 Å². The summed E-state index contributed by atoms with van der Waals surface area (Å²) in [7, 11) is 2.37. The summed E-state index contributed by atoms with van der Waals surface area (Å²) in [5.74, 6) is -6.01. The number of fused-ring (bicyclic) bond motifs is 3. The van der Waals surface area contributed by atoms with Crippen LogP contribution in [0.15, 0.2) is 47.4 Å². The number of aromatic hydroxyl groups is 1. The summed E-state index contributed by atoms with van der Waals surface area (Å²) in [4.78, 5) is 47.9. The van der Waals surface area contributed by atoms with Crippen LogP contribution in [-0.2, 0) is 36.9 Å². The average Bonchev–Trinajstić information content (AvgIpc) is 2.90. The molecule has 1 aromatic carbocycles. The van der Waals surface area contributed by atoms with Gasteiger partial charge in [0.15, 0.2) is 11.4 Å². The van der Waals surface area contributed by atoms with Crippen molar-refractivity contribution in [2.45, 2.75) is 31.4 Å². The maximum atomic E-state index is 14.1. The number of hydrogen-bond acceptors (Lipinski definition) is 10. The average molecular weight is 538 g/mol. The first-order valence-electron chi connectivity index (χ1n) is 12.2. The summed E-state index contributed by atoms with van der Waals surface area (Å²) >= 11 is 0. The van der Waals surface area contributed by atoms with Crippen LogP contribution in [0.25, 0.3) is 17.0 Å². The SMILES string of the molecule is CO[NH+]([O-])Cc1cc(-c2ccccn2)c2c(c1O)C(O)=C1C(=O)[C@]3(OC)C(O)=C(C(N)=O)C(=O)C[C@@H]3C[C@@H]1C2. The van der Waals surface area contributed by atoms with Crippen LogP contribution >= 0.6 is 0 Å². The number of benzene rings is 1. The molecule has 0 bridgehead atoms. The molecule has 3 aliphatic rings. The number of primary amides is 1. The Morgan fingerprint density at radius 3 is 2.59 bits per heavy atom. The highest BCUT2D eigenvalue weighted by atomic mass is 16.9. The van der Waals surface area contributed by atoms with Gasteiger partial charge in [0.1, 0.15) is 29.4 Å². The molecule has 0 spiro atoms. The predicted molar refractivity (Wildman–Crippen MR) is 134 cm³/mol. The van der Waals surface area contributed by atoms with Gasteiger partial charge in [0.05, 0.1) is 23.9 Å². The van der Waals surface area contributed by atoms with E-state index >= 15 is 0 Å². The number of nitrogens with one attached hydrogen (secondary N) is 1. The van der Waals surface area contributed by atoms with Gasteiger partial charge in [0.2, 0.25) is 5.78 Å². The molecule has 12 nitrogen and oxygen atoms in total. The quantitative estimate of drug-likeness (QED) is 0.257. The number of hydrogen-bond donors (Lipinski definition) is 5. The number of phenolic OH excluding ortho intramolecular Hbond substituents is 1. The Morgan fingerprint density at radius 1 is 1.23 bits per heavy atom. The van der Waals surface area contributed by atoms with Crippen LogP contribution in [0.4, 0.5) is 0 Å². The lowest BCUT2D eigenvalue weighted by Gasteiger charge is -2.48. The molecule has 2 aromatic rings. The van der Waals surface area contributed by atoms with E-state index in [4.69, 9.17) is 15.3 Å². The Balaban J connectivity index is 1.76. The topological polar surface area (TPSA) is 197 Å². The van der Waals surface area contributed by atoms with Crippen LogP contribution in [0.5, 0.6) is 5.75 Å². The molecule has 1 amide bonds. The third-order valence-corrected chi connectivity index (χ3v) is 7.93. The van der Waals surface area contributed by atoms with Crippen molar-refractivity contribution in [3.05, 3.63) is 69.3 Å². The summed E-state index contributed by atoms with van der Waals surface area (Å²) in [6, 6.07) is 6.84. The predicted octanol–water partition coefficient (Wildman–Crippen LogP) is 0.584. The van der Waals surface area contributed by atoms with Gasteiger partial charge in [-0.15, -0.1) is 0 Å². The van der Waals surface area contributed by atoms with Crippen LogP contribution in [-0.4, -0.2) is 57.6 Å². The number of aliphatic hydroxyl groups is 2. The van der Waals surface area contributed by atoms with Crippen molar-refractivity contribution in [1.82, 2.24) is 4.98 Å². The van der Waals surface area contributed by atoms with Crippen molar-refractivity contribution in [2.24, 2.45) is 17.6 Å². The van der Waals surface area contributed by atoms with Crippen molar-refractivity contribution in [2.75, 3.05) is 14.2 Å². The highest BCUT2D eigenvalue weighted by Crippen LogP contribution is 2.54. The molecule has 1 unspecified atom stereocenters. The highest BCUT2D eigenvalue weighted by Gasteiger charge is 2.61. The molecule has 12 heteroatoms. The minimum Gasteiger partial charge on any atom is -0.600 e. The fourth-order valence-electron chi connectivity index (χ4n) is 6.20. The molecule has 3 aliphatic carbocycles. The van der Waals surface area contributed by atoms with Gasteiger partial charge in [0, 0.05) is 36.8 Å². The van der Waals surface area contributed by atoms with E-state index in [1.165, 1.54) is 7.11 Å². The Labute approximate surface area is 222 Å². The van der Waals surface area contributed by atoms with Crippen LogP contribution in [0, 0.1) is 17.0 Å². The third-order valence-electron chi connectivity index (χ3n) is 7.93. The van der Waals surface area contributed by atoms with Gasteiger partial charge >= 0.3 is 0 Å². The lowest BCUT2D eigenvalue weighted by molar-refractivity contribution is -1.06. The molecule has 4 atom stereocenters. The monoisotopic (exact) mass is 537 g/mol. The minimum atomic E-state index is -2.11. The molecule has 6 N–H and O–H groups in total. The Morgan fingerprint density at radius 2 is 1.97 bits per heavy atom. The minimum absolute atomic E-state index is 0.0492. The molecular weight excluding hydrogens is 510 g/mol.